The number of nitrogens with zero attached hydrogens (tertiary/aromatic N) is 1. The number of benzene rings is 1. The average molecular weight is 414 g/mol. The molecule has 0 saturated carbocycles. The van der Waals surface area contributed by atoms with Gasteiger partial charge in [0.05, 0.1) is 24.5 Å². The van der Waals surface area contributed by atoms with E-state index in [1.165, 1.54) is 4.90 Å². The number of hydrogen-bond acceptors (Lipinski definition) is 4. The highest BCUT2D eigenvalue weighted by Gasteiger charge is 2.57. The molecule has 1 heterocycles. The minimum atomic E-state index is -0.751. The van der Waals surface area contributed by atoms with Crippen LogP contribution in [0.1, 0.15) is 25.8 Å². The molecule has 1 fully saturated rings. The van der Waals surface area contributed by atoms with E-state index in [2.05, 4.69) is 10.6 Å². The van der Waals surface area contributed by atoms with Crippen LogP contribution in [0.5, 0.6) is 0 Å². The Morgan fingerprint density at radius 1 is 1.17 bits per heavy atom. The van der Waals surface area contributed by atoms with E-state index in [0.29, 0.717) is 13.0 Å². The summed E-state index contributed by atoms with van der Waals surface area (Å²) >= 11 is 0. The molecule has 3 N–H and O–H groups in total. The van der Waals surface area contributed by atoms with Crippen molar-refractivity contribution in [1.29, 1.82) is 0 Å². The normalized spacial score (nSPS) is 28.7. The van der Waals surface area contributed by atoms with Crippen molar-refractivity contribution in [3.63, 3.8) is 0 Å². The van der Waals surface area contributed by atoms with E-state index >= 15 is 0 Å². The van der Waals surface area contributed by atoms with E-state index in [0.717, 1.165) is 5.56 Å². The van der Waals surface area contributed by atoms with Gasteiger partial charge in [-0.05, 0) is 17.9 Å². The summed E-state index contributed by atoms with van der Waals surface area (Å²) in [5.74, 6) is -2.37. The SMILES string of the molecule is CC[C@@H](CO)N1C(=O)[C@@H]2[C@H](C=C[C@@H](C)[C@H]2C(=O)NC)[C@H]1C(=O)NCc1ccccc1. The van der Waals surface area contributed by atoms with Crippen LogP contribution in [0.4, 0.5) is 0 Å². The molecule has 1 aromatic carbocycles. The van der Waals surface area contributed by atoms with Crippen LogP contribution in [0, 0.1) is 23.7 Å². The van der Waals surface area contributed by atoms with Gasteiger partial charge in [-0.2, -0.15) is 0 Å². The molecule has 1 aliphatic heterocycles. The molecule has 1 saturated heterocycles. The Bertz CT molecular complexity index is 806. The van der Waals surface area contributed by atoms with E-state index < -0.39 is 29.8 Å². The van der Waals surface area contributed by atoms with Gasteiger partial charge in [0.25, 0.3) is 0 Å². The molecule has 7 heteroatoms. The lowest BCUT2D eigenvalue weighted by atomic mass is 9.70. The maximum atomic E-state index is 13.5. The van der Waals surface area contributed by atoms with Crippen LogP contribution in [-0.2, 0) is 20.9 Å². The van der Waals surface area contributed by atoms with Crippen LogP contribution in [0.2, 0.25) is 0 Å². The molecule has 7 nitrogen and oxygen atoms in total. The molecule has 0 bridgehead atoms. The highest BCUT2D eigenvalue weighted by atomic mass is 16.3. The zero-order valence-electron chi connectivity index (χ0n) is 17.7. The number of aliphatic hydroxyl groups is 1. The first kappa shape index (κ1) is 22.0. The van der Waals surface area contributed by atoms with Crippen molar-refractivity contribution in [3.8, 4) is 0 Å². The molecule has 3 rings (SSSR count). The lowest BCUT2D eigenvalue weighted by Gasteiger charge is -2.33. The van der Waals surface area contributed by atoms with E-state index in [9.17, 15) is 19.5 Å². The van der Waals surface area contributed by atoms with Gasteiger partial charge in [-0.25, -0.2) is 0 Å². The summed E-state index contributed by atoms with van der Waals surface area (Å²) in [5.41, 5.74) is 0.962. The fourth-order valence-electron chi connectivity index (χ4n) is 4.80. The quantitative estimate of drug-likeness (QED) is 0.583. The molecule has 6 atom stereocenters. The summed E-state index contributed by atoms with van der Waals surface area (Å²) in [6, 6.07) is 8.35. The van der Waals surface area contributed by atoms with Gasteiger partial charge in [0.2, 0.25) is 17.7 Å². The van der Waals surface area contributed by atoms with Crippen molar-refractivity contribution >= 4 is 17.7 Å². The van der Waals surface area contributed by atoms with Gasteiger partial charge in [0, 0.05) is 19.5 Å². The summed E-state index contributed by atoms with van der Waals surface area (Å²) in [7, 11) is 1.56. The molecule has 3 amide bonds. The number of fused-ring (bicyclic) bond motifs is 1. The Balaban J connectivity index is 1.93. The lowest BCUT2D eigenvalue weighted by molar-refractivity contribution is -0.143. The van der Waals surface area contributed by atoms with Crippen LogP contribution >= 0.6 is 0 Å². The van der Waals surface area contributed by atoms with Crippen molar-refractivity contribution in [2.24, 2.45) is 23.7 Å². The number of likely N-dealkylation sites (tertiary alicyclic amines) is 1. The van der Waals surface area contributed by atoms with Crippen LogP contribution in [0.25, 0.3) is 0 Å². The summed E-state index contributed by atoms with van der Waals surface area (Å²) in [6.07, 6.45) is 4.35. The van der Waals surface area contributed by atoms with Gasteiger partial charge in [-0.1, -0.05) is 56.3 Å². The van der Waals surface area contributed by atoms with Gasteiger partial charge in [0.15, 0.2) is 0 Å². The van der Waals surface area contributed by atoms with Crippen LogP contribution in [0.3, 0.4) is 0 Å². The second-order valence-corrected chi connectivity index (χ2v) is 8.13. The number of allylic oxidation sites excluding steroid dienone is 1. The molecule has 162 valence electrons. The van der Waals surface area contributed by atoms with Gasteiger partial charge < -0.3 is 20.6 Å². The Morgan fingerprint density at radius 2 is 1.87 bits per heavy atom. The standard InChI is InChI=1S/C23H31N3O4/c1-4-16(13-27)26-20(22(29)25-12-15-8-6-5-7-9-15)17-11-10-14(2)18(21(28)24-3)19(17)23(26)30/h5-11,14,16-20,27H,4,12-13H2,1-3H3,(H,24,28)(H,25,29)/t14-,16+,17+,18-,19-,20+/m1/s1. The Hall–Kier alpha value is -2.67. The van der Waals surface area contributed by atoms with Crippen LogP contribution < -0.4 is 10.6 Å². The fourth-order valence-corrected chi connectivity index (χ4v) is 4.80. The maximum Gasteiger partial charge on any atom is 0.243 e. The average Bonchev–Trinajstić information content (AvgIpc) is 3.06. The van der Waals surface area contributed by atoms with E-state index in [4.69, 9.17) is 0 Å². The zero-order valence-corrected chi connectivity index (χ0v) is 17.7. The van der Waals surface area contributed by atoms with Gasteiger partial charge >= 0.3 is 0 Å². The number of carbonyl (C=O) groups excluding carboxylic acids is 3. The molecule has 1 aliphatic carbocycles. The third-order valence-corrected chi connectivity index (χ3v) is 6.41. The predicted octanol–water partition coefficient (Wildman–Crippen LogP) is 1.09. The number of hydrogen-bond donors (Lipinski definition) is 3. The summed E-state index contributed by atoms with van der Waals surface area (Å²) in [6.45, 7) is 3.92. The molecule has 0 aromatic heterocycles. The molecule has 0 radical (unpaired) electrons. The number of amides is 3. The monoisotopic (exact) mass is 413 g/mol. The third-order valence-electron chi connectivity index (χ3n) is 6.41. The highest BCUT2D eigenvalue weighted by Crippen LogP contribution is 2.44. The number of rotatable bonds is 7. The summed E-state index contributed by atoms with van der Waals surface area (Å²) < 4.78 is 0. The molecular formula is C23H31N3O4. The van der Waals surface area contributed by atoms with Crippen molar-refractivity contribution in [3.05, 3.63) is 48.0 Å². The Labute approximate surface area is 177 Å². The molecule has 2 aliphatic rings. The van der Waals surface area contributed by atoms with E-state index in [-0.39, 0.29) is 30.2 Å². The van der Waals surface area contributed by atoms with Crippen molar-refractivity contribution in [1.82, 2.24) is 15.5 Å². The van der Waals surface area contributed by atoms with Crippen molar-refractivity contribution < 1.29 is 19.5 Å². The third kappa shape index (κ3) is 3.99. The fraction of sp³-hybridized carbons (Fsp3) is 0.522. The molecule has 0 unspecified atom stereocenters. The van der Waals surface area contributed by atoms with Gasteiger partial charge in [-0.3, -0.25) is 14.4 Å². The number of aliphatic hydroxyl groups excluding tert-OH is 1. The Kier molecular flexibility index (Phi) is 6.92. The van der Waals surface area contributed by atoms with Gasteiger partial charge in [-0.15, -0.1) is 0 Å². The number of nitrogens with one attached hydrogen (secondary N) is 2. The minimum Gasteiger partial charge on any atom is -0.394 e. The highest BCUT2D eigenvalue weighted by molar-refractivity contribution is 5.97. The first-order chi connectivity index (χ1) is 14.4. The first-order valence-corrected chi connectivity index (χ1v) is 10.6. The van der Waals surface area contributed by atoms with Crippen LogP contribution in [-0.4, -0.2) is 53.5 Å². The molecular weight excluding hydrogens is 382 g/mol. The topological polar surface area (TPSA) is 98.7 Å². The maximum absolute atomic E-state index is 13.5. The van der Waals surface area contributed by atoms with Crippen LogP contribution in [0.15, 0.2) is 42.5 Å². The van der Waals surface area contributed by atoms with Crippen molar-refractivity contribution in [2.45, 2.75) is 38.9 Å². The Morgan fingerprint density at radius 3 is 2.47 bits per heavy atom. The molecule has 0 spiro atoms. The smallest absolute Gasteiger partial charge is 0.243 e. The van der Waals surface area contributed by atoms with E-state index in [1.54, 1.807) is 7.05 Å². The van der Waals surface area contributed by atoms with E-state index in [1.807, 2.05) is 56.3 Å². The predicted molar refractivity (Wildman–Crippen MR) is 113 cm³/mol. The minimum absolute atomic E-state index is 0.114. The van der Waals surface area contributed by atoms with Crippen molar-refractivity contribution in [2.75, 3.05) is 13.7 Å². The summed E-state index contributed by atoms with van der Waals surface area (Å²) in [5, 5.41) is 15.5. The first-order valence-electron chi connectivity index (χ1n) is 10.6. The number of carbonyl (C=O) groups is 3. The second-order valence-electron chi connectivity index (χ2n) is 8.13. The zero-order chi connectivity index (χ0) is 21.8. The van der Waals surface area contributed by atoms with Gasteiger partial charge in [0.1, 0.15) is 6.04 Å². The molecule has 1 aromatic rings. The molecule has 30 heavy (non-hydrogen) atoms. The lowest BCUT2D eigenvalue weighted by Crippen LogP contribution is -2.52. The largest absolute Gasteiger partial charge is 0.394 e. The second kappa shape index (κ2) is 9.43. The summed E-state index contributed by atoms with van der Waals surface area (Å²) in [4.78, 5) is 40.9.